The van der Waals surface area contributed by atoms with Crippen LogP contribution in [0.4, 0.5) is 4.39 Å². The van der Waals surface area contributed by atoms with Gasteiger partial charge >= 0.3 is 0 Å². The van der Waals surface area contributed by atoms with E-state index in [9.17, 15) is 4.39 Å². The van der Waals surface area contributed by atoms with Gasteiger partial charge in [-0.3, -0.25) is 0 Å². The summed E-state index contributed by atoms with van der Waals surface area (Å²) in [5.74, 6) is 1.66. The van der Waals surface area contributed by atoms with Crippen molar-refractivity contribution in [3.63, 3.8) is 0 Å². The maximum atomic E-state index is 14.2. The highest BCUT2D eigenvalue weighted by molar-refractivity contribution is 5.71. The summed E-state index contributed by atoms with van der Waals surface area (Å²) in [5, 5.41) is 0. The van der Waals surface area contributed by atoms with Gasteiger partial charge in [-0.1, -0.05) is 63.1 Å². The van der Waals surface area contributed by atoms with E-state index < -0.39 is 0 Å². The van der Waals surface area contributed by atoms with Crippen LogP contribution in [0.5, 0.6) is 0 Å². The third kappa shape index (κ3) is 4.09. The topological polar surface area (TPSA) is 0 Å². The fourth-order valence-electron chi connectivity index (χ4n) is 5.23. The van der Waals surface area contributed by atoms with Crippen molar-refractivity contribution >= 4 is 5.57 Å². The molecule has 1 fully saturated rings. The SMILES string of the molecule is CCCC1CCC(c2ccc(C3=CCc4cc(CC)c(F)cc4C3)cc2)CC1. The Morgan fingerprint density at radius 3 is 2.36 bits per heavy atom. The summed E-state index contributed by atoms with van der Waals surface area (Å²) in [6.45, 7) is 4.33. The van der Waals surface area contributed by atoms with E-state index in [0.717, 1.165) is 42.2 Å². The normalized spacial score (nSPS) is 21.9. The van der Waals surface area contributed by atoms with Crippen LogP contribution in [0.15, 0.2) is 42.5 Å². The Labute approximate surface area is 169 Å². The molecule has 4 rings (SSSR count). The molecule has 2 aromatic rings. The first-order valence-electron chi connectivity index (χ1n) is 11.3. The molecule has 2 aliphatic carbocycles. The first-order valence-corrected chi connectivity index (χ1v) is 11.3. The highest BCUT2D eigenvalue weighted by Gasteiger charge is 2.22. The minimum Gasteiger partial charge on any atom is -0.207 e. The molecule has 0 amide bonds. The van der Waals surface area contributed by atoms with Gasteiger partial charge in [0.1, 0.15) is 5.82 Å². The quantitative estimate of drug-likeness (QED) is 0.503. The molecule has 1 heteroatoms. The van der Waals surface area contributed by atoms with Gasteiger partial charge in [0.25, 0.3) is 0 Å². The number of halogens is 1. The number of aryl methyl sites for hydroxylation is 1. The summed E-state index contributed by atoms with van der Waals surface area (Å²) in [6.07, 6.45) is 13.1. The van der Waals surface area contributed by atoms with Crippen molar-refractivity contribution in [1.29, 1.82) is 0 Å². The van der Waals surface area contributed by atoms with Crippen LogP contribution in [0, 0.1) is 11.7 Å². The van der Waals surface area contributed by atoms with Crippen molar-refractivity contribution < 1.29 is 4.39 Å². The lowest BCUT2D eigenvalue weighted by Crippen LogP contribution is -2.13. The van der Waals surface area contributed by atoms with Crippen LogP contribution in [0.3, 0.4) is 0 Å². The third-order valence-corrected chi connectivity index (χ3v) is 7.00. The maximum Gasteiger partial charge on any atom is 0.126 e. The molecule has 0 radical (unpaired) electrons. The Morgan fingerprint density at radius 2 is 1.68 bits per heavy atom. The van der Waals surface area contributed by atoms with Crippen LogP contribution in [-0.4, -0.2) is 0 Å². The molecule has 0 saturated heterocycles. The minimum atomic E-state index is -0.0449. The molecule has 0 spiro atoms. The molecular weight excluding hydrogens is 343 g/mol. The number of hydrogen-bond acceptors (Lipinski definition) is 0. The summed E-state index contributed by atoms with van der Waals surface area (Å²) in [5.41, 5.74) is 7.44. The van der Waals surface area contributed by atoms with Crippen LogP contribution in [0.25, 0.3) is 5.57 Å². The van der Waals surface area contributed by atoms with Gasteiger partial charge in [-0.2, -0.15) is 0 Å². The van der Waals surface area contributed by atoms with Crippen molar-refractivity contribution in [2.75, 3.05) is 0 Å². The molecule has 0 atom stereocenters. The Kier molecular flexibility index (Phi) is 5.99. The molecule has 0 bridgehead atoms. The van der Waals surface area contributed by atoms with Gasteiger partial charge < -0.3 is 0 Å². The summed E-state index contributed by atoms with van der Waals surface area (Å²) in [7, 11) is 0. The summed E-state index contributed by atoms with van der Waals surface area (Å²) in [6, 6.07) is 13.1. The monoisotopic (exact) mass is 376 g/mol. The van der Waals surface area contributed by atoms with Crippen LogP contribution in [-0.2, 0) is 19.3 Å². The van der Waals surface area contributed by atoms with Gasteiger partial charge in [0.15, 0.2) is 0 Å². The number of allylic oxidation sites excluding steroid dienone is 2. The first kappa shape index (κ1) is 19.4. The predicted molar refractivity (Wildman–Crippen MR) is 117 cm³/mol. The fourth-order valence-corrected chi connectivity index (χ4v) is 5.23. The largest absolute Gasteiger partial charge is 0.207 e. The summed E-state index contributed by atoms with van der Waals surface area (Å²) >= 11 is 0. The average Bonchev–Trinajstić information content (AvgIpc) is 2.74. The number of fused-ring (bicyclic) bond motifs is 1. The van der Waals surface area contributed by atoms with Crippen molar-refractivity contribution in [3.05, 3.63) is 76.1 Å². The first-order chi connectivity index (χ1) is 13.7. The van der Waals surface area contributed by atoms with E-state index in [1.54, 1.807) is 6.07 Å². The van der Waals surface area contributed by atoms with Crippen molar-refractivity contribution in [1.82, 2.24) is 0 Å². The molecule has 148 valence electrons. The van der Waals surface area contributed by atoms with Gasteiger partial charge in [-0.05, 0) is 96.2 Å². The summed E-state index contributed by atoms with van der Waals surface area (Å²) in [4.78, 5) is 0. The third-order valence-electron chi connectivity index (χ3n) is 7.00. The van der Waals surface area contributed by atoms with Gasteiger partial charge in [0.2, 0.25) is 0 Å². The van der Waals surface area contributed by atoms with Crippen LogP contribution < -0.4 is 0 Å². The molecule has 28 heavy (non-hydrogen) atoms. The van der Waals surface area contributed by atoms with E-state index in [2.05, 4.69) is 43.3 Å². The molecule has 0 unspecified atom stereocenters. The molecule has 0 nitrogen and oxygen atoms in total. The lowest BCUT2D eigenvalue weighted by atomic mass is 9.77. The second-order valence-corrected chi connectivity index (χ2v) is 8.80. The fraction of sp³-hybridized carbons (Fsp3) is 0.481. The number of benzene rings is 2. The van der Waals surface area contributed by atoms with Crippen LogP contribution >= 0.6 is 0 Å². The van der Waals surface area contributed by atoms with E-state index in [4.69, 9.17) is 0 Å². The Balaban J connectivity index is 1.44. The molecule has 0 aromatic heterocycles. The second kappa shape index (κ2) is 8.64. The summed E-state index contributed by atoms with van der Waals surface area (Å²) < 4.78 is 14.2. The average molecular weight is 377 g/mol. The van der Waals surface area contributed by atoms with E-state index in [1.165, 1.54) is 60.8 Å². The smallest absolute Gasteiger partial charge is 0.126 e. The second-order valence-electron chi connectivity index (χ2n) is 8.80. The van der Waals surface area contributed by atoms with Crippen molar-refractivity contribution in [2.45, 2.75) is 77.6 Å². The molecular formula is C27H33F. The van der Waals surface area contributed by atoms with Crippen LogP contribution in [0.2, 0.25) is 0 Å². The van der Waals surface area contributed by atoms with E-state index in [-0.39, 0.29) is 5.82 Å². The molecule has 2 aliphatic rings. The maximum absolute atomic E-state index is 14.2. The Morgan fingerprint density at radius 1 is 0.929 bits per heavy atom. The van der Waals surface area contributed by atoms with Crippen molar-refractivity contribution in [3.8, 4) is 0 Å². The van der Waals surface area contributed by atoms with Gasteiger partial charge in [0, 0.05) is 0 Å². The lowest BCUT2D eigenvalue weighted by Gasteiger charge is -2.28. The molecule has 1 saturated carbocycles. The standard InChI is InChI=1S/C27H33F/c1-3-5-19-6-8-21(9-7-19)22-10-12-23(13-11-22)24-14-15-25-16-20(4-2)27(28)18-26(25)17-24/h10-14,16,18-19,21H,3-9,15,17H2,1-2H3. The highest BCUT2D eigenvalue weighted by atomic mass is 19.1. The zero-order chi connectivity index (χ0) is 19.5. The van der Waals surface area contributed by atoms with E-state index in [0.29, 0.717) is 0 Å². The Bertz CT molecular complexity index is 835. The molecule has 0 aliphatic heterocycles. The van der Waals surface area contributed by atoms with E-state index >= 15 is 0 Å². The minimum absolute atomic E-state index is 0.0449. The zero-order valence-corrected chi connectivity index (χ0v) is 17.4. The molecule has 0 heterocycles. The lowest BCUT2D eigenvalue weighted by molar-refractivity contribution is 0.308. The van der Waals surface area contributed by atoms with Gasteiger partial charge in [-0.15, -0.1) is 0 Å². The highest BCUT2D eigenvalue weighted by Crippen LogP contribution is 2.38. The molecule has 0 N–H and O–H groups in total. The predicted octanol–water partition coefficient (Wildman–Crippen LogP) is 7.64. The van der Waals surface area contributed by atoms with Crippen molar-refractivity contribution in [2.24, 2.45) is 5.92 Å². The number of rotatable bonds is 5. The zero-order valence-electron chi connectivity index (χ0n) is 17.4. The van der Waals surface area contributed by atoms with Gasteiger partial charge in [0.05, 0.1) is 0 Å². The molecule has 2 aromatic carbocycles. The Hall–Kier alpha value is -1.89. The van der Waals surface area contributed by atoms with Gasteiger partial charge in [-0.25, -0.2) is 4.39 Å². The number of hydrogen-bond donors (Lipinski definition) is 0. The van der Waals surface area contributed by atoms with E-state index in [1.807, 2.05) is 6.92 Å². The van der Waals surface area contributed by atoms with Crippen LogP contribution in [0.1, 0.15) is 86.1 Å².